The summed E-state index contributed by atoms with van der Waals surface area (Å²) < 4.78 is 13.1. The van der Waals surface area contributed by atoms with E-state index in [1.807, 2.05) is 13.0 Å². The third-order valence-electron chi connectivity index (χ3n) is 8.23. The standard InChI is InChI=1S/C21H27FO4/c1-19-7-5-13(23)9-12(19)3-4-14-15-6-8-21(26,17(25)11-22)20(15,2)10-16(24)18(14)19/h5,7,9,14-16,18,24,26H,3-4,6,8,10-11H2,1-2H3/t14-,15+,16+,18+,19-,20-,21-/m0/s1. The average molecular weight is 362 g/mol. The van der Waals surface area contributed by atoms with Crippen molar-refractivity contribution in [2.45, 2.75) is 57.7 Å². The van der Waals surface area contributed by atoms with Crippen LogP contribution in [0.25, 0.3) is 0 Å². The Bertz CT molecular complexity index is 728. The number of carbonyl (C=O) groups excluding carboxylic acids is 2. The summed E-state index contributed by atoms with van der Waals surface area (Å²) >= 11 is 0. The number of aliphatic hydroxyl groups excluding tert-OH is 1. The Balaban J connectivity index is 1.75. The maximum Gasteiger partial charge on any atom is 0.195 e. The van der Waals surface area contributed by atoms with Gasteiger partial charge in [0.15, 0.2) is 18.2 Å². The van der Waals surface area contributed by atoms with Crippen molar-refractivity contribution in [3.63, 3.8) is 0 Å². The Morgan fingerprint density at radius 3 is 2.77 bits per heavy atom. The molecule has 0 heterocycles. The topological polar surface area (TPSA) is 74.6 Å². The van der Waals surface area contributed by atoms with Crippen molar-refractivity contribution >= 4 is 11.6 Å². The fraction of sp³-hybridized carbons (Fsp3) is 0.714. The van der Waals surface area contributed by atoms with Crippen molar-refractivity contribution in [3.05, 3.63) is 23.8 Å². The number of hydrogen-bond acceptors (Lipinski definition) is 4. The molecule has 5 heteroatoms. The van der Waals surface area contributed by atoms with Crippen LogP contribution < -0.4 is 0 Å². The molecule has 0 unspecified atom stereocenters. The molecule has 4 aliphatic carbocycles. The molecular formula is C21H27FO4. The highest BCUT2D eigenvalue weighted by Gasteiger charge is 2.68. The highest BCUT2D eigenvalue weighted by atomic mass is 19.1. The summed E-state index contributed by atoms with van der Waals surface area (Å²) in [7, 11) is 0. The Morgan fingerprint density at radius 2 is 2.08 bits per heavy atom. The third-order valence-corrected chi connectivity index (χ3v) is 8.23. The Morgan fingerprint density at radius 1 is 1.35 bits per heavy atom. The molecule has 7 atom stereocenters. The van der Waals surface area contributed by atoms with Crippen molar-refractivity contribution in [3.8, 4) is 0 Å². The lowest BCUT2D eigenvalue weighted by molar-refractivity contribution is -0.177. The van der Waals surface area contributed by atoms with E-state index in [2.05, 4.69) is 6.92 Å². The second-order valence-electron chi connectivity index (χ2n) is 9.17. The fourth-order valence-electron chi connectivity index (χ4n) is 6.90. The number of ketones is 2. The fourth-order valence-corrected chi connectivity index (χ4v) is 6.90. The molecule has 0 aromatic carbocycles. The summed E-state index contributed by atoms with van der Waals surface area (Å²) in [6.45, 7) is 2.77. The molecule has 0 radical (unpaired) electrons. The molecule has 0 aromatic heterocycles. The van der Waals surface area contributed by atoms with Crippen LogP contribution in [0.1, 0.15) is 46.0 Å². The number of alkyl halides is 1. The Kier molecular flexibility index (Phi) is 3.88. The molecule has 0 saturated heterocycles. The predicted molar refractivity (Wildman–Crippen MR) is 93.9 cm³/mol. The van der Waals surface area contributed by atoms with E-state index >= 15 is 0 Å². The van der Waals surface area contributed by atoms with Crippen molar-refractivity contribution in [1.29, 1.82) is 0 Å². The molecule has 0 spiro atoms. The second-order valence-corrected chi connectivity index (χ2v) is 9.17. The quantitative estimate of drug-likeness (QED) is 0.792. The molecule has 2 N–H and O–H groups in total. The van der Waals surface area contributed by atoms with Gasteiger partial charge in [-0.05, 0) is 56.1 Å². The summed E-state index contributed by atoms with van der Waals surface area (Å²) in [5.41, 5.74) is -1.79. The van der Waals surface area contributed by atoms with Gasteiger partial charge in [0.05, 0.1) is 6.10 Å². The lowest BCUT2D eigenvalue weighted by Gasteiger charge is -2.59. The minimum atomic E-state index is -1.69. The molecular weight excluding hydrogens is 335 g/mol. The SMILES string of the molecule is C[C@]12C=CC(=O)C=C1CC[C@@H]1[C@@H]2[C@H](O)C[C@@]2(C)[C@@H]1CC[C@]2(O)C(=O)CF. The van der Waals surface area contributed by atoms with Crippen LogP contribution in [0.3, 0.4) is 0 Å². The molecule has 3 fully saturated rings. The van der Waals surface area contributed by atoms with Gasteiger partial charge >= 0.3 is 0 Å². The summed E-state index contributed by atoms with van der Waals surface area (Å²) in [5.74, 6) is -0.590. The number of Topliss-reactive ketones (excluding diaryl/α,β-unsaturated/α-hetero) is 1. The summed E-state index contributed by atoms with van der Waals surface area (Å²) in [5, 5.41) is 22.2. The van der Waals surface area contributed by atoms with Crippen LogP contribution in [0, 0.1) is 28.6 Å². The number of allylic oxidation sites excluding steroid dienone is 4. The number of halogens is 1. The number of rotatable bonds is 2. The van der Waals surface area contributed by atoms with Gasteiger partial charge in [-0.25, -0.2) is 4.39 Å². The van der Waals surface area contributed by atoms with E-state index in [0.717, 1.165) is 18.4 Å². The van der Waals surface area contributed by atoms with Crippen LogP contribution in [0.15, 0.2) is 23.8 Å². The van der Waals surface area contributed by atoms with Gasteiger partial charge in [-0.2, -0.15) is 0 Å². The van der Waals surface area contributed by atoms with E-state index < -0.39 is 29.6 Å². The molecule has 4 nitrogen and oxygen atoms in total. The van der Waals surface area contributed by atoms with Crippen LogP contribution in [-0.2, 0) is 9.59 Å². The first-order chi connectivity index (χ1) is 12.2. The lowest BCUT2D eigenvalue weighted by Crippen LogP contribution is -2.61. The lowest BCUT2D eigenvalue weighted by atomic mass is 9.46. The highest BCUT2D eigenvalue weighted by molar-refractivity contribution is 6.01. The number of carbonyl (C=O) groups is 2. The highest BCUT2D eigenvalue weighted by Crippen LogP contribution is 2.67. The van der Waals surface area contributed by atoms with E-state index in [0.29, 0.717) is 6.42 Å². The van der Waals surface area contributed by atoms with Gasteiger partial charge in [-0.3, -0.25) is 9.59 Å². The zero-order valence-corrected chi connectivity index (χ0v) is 15.4. The largest absolute Gasteiger partial charge is 0.393 e. The molecule has 3 saturated carbocycles. The zero-order valence-electron chi connectivity index (χ0n) is 15.4. The third kappa shape index (κ3) is 2.07. The van der Waals surface area contributed by atoms with Crippen LogP contribution in [0.5, 0.6) is 0 Å². The summed E-state index contributed by atoms with van der Waals surface area (Å²) in [6, 6.07) is 0. The predicted octanol–water partition coefficient (Wildman–Crippen LogP) is 2.53. The number of hydrogen-bond donors (Lipinski definition) is 2. The zero-order chi connectivity index (χ0) is 18.9. The van der Waals surface area contributed by atoms with Gasteiger partial charge in [0.1, 0.15) is 5.60 Å². The molecule has 26 heavy (non-hydrogen) atoms. The van der Waals surface area contributed by atoms with Crippen LogP contribution in [0.2, 0.25) is 0 Å². The minimum Gasteiger partial charge on any atom is -0.393 e. The first-order valence-corrected chi connectivity index (χ1v) is 9.61. The monoisotopic (exact) mass is 362 g/mol. The molecule has 0 bridgehead atoms. The van der Waals surface area contributed by atoms with E-state index in [1.54, 1.807) is 12.2 Å². The summed E-state index contributed by atoms with van der Waals surface area (Å²) in [6.07, 6.45) is 7.34. The maximum atomic E-state index is 13.1. The van der Waals surface area contributed by atoms with E-state index in [4.69, 9.17) is 0 Å². The molecule has 0 amide bonds. The first kappa shape index (κ1) is 18.1. The van der Waals surface area contributed by atoms with Crippen LogP contribution in [-0.4, -0.2) is 40.2 Å². The molecule has 4 rings (SSSR count). The average Bonchev–Trinajstić information content (AvgIpc) is 2.86. The number of aliphatic hydroxyl groups is 2. The van der Waals surface area contributed by atoms with Crippen LogP contribution >= 0.6 is 0 Å². The van der Waals surface area contributed by atoms with Crippen LogP contribution in [0.4, 0.5) is 4.39 Å². The smallest absolute Gasteiger partial charge is 0.195 e. The molecule has 4 aliphatic rings. The molecule has 0 aromatic rings. The van der Waals surface area contributed by atoms with Gasteiger partial charge in [-0.15, -0.1) is 0 Å². The van der Waals surface area contributed by atoms with Gasteiger partial charge in [0.25, 0.3) is 0 Å². The van der Waals surface area contributed by atoms with E-state index in [-0.39, 0.29) is 41.8 Å². The summed E-state index contributed by atoms with van der Waals surface area (Å²) in [4.78, 5) is 24.0. The normalized spacial score (nSPS) is 49.9. The minimum absolute atomic E-state index is 0.00477. The van der Waals surface area contributed by atoms with Gasteiger partial charge in [0, 0.05) is 16.7 Å². The molecule has 0 aliphatic heterocycles. The van der Waals surface area contributed by atoms with Crippen molar-refractivity contribution < 1.29 is 24.2 Å². The maximum absolute atomic E-state index is 13.1. The van der Waals surface area contributed by atoms with Crippen molar-refractivity contribution in [2.75, 3.05) is 6.67 Å². The molecule has 142 valence electrons. The number of fused-ring (bicyclic) bond motifs is 5. The van der Waals surface area contributed by atoms with Gasteiger partial charge < -0.3 is 10.2 Å². The first-order valence-electron chi connectivity index (χ1n) is 9.61. The van der Waals surface area contributed by atoms with E-state index in [9.17, 15) is 24.2 Å². The Hall–Kier alpha value is -1.33. The van der Waals surface area contributed by atoms with Gasteiger partial charge in [0.2, 0.25) is 0 Å². The Labute approximate surface area is 153 Å². The van der Waals surface area contributed by atoms with Crippen molar-refractivity contribution in [1.82, 2.24) is 0 Å². The van der Waals surface area contributed by atoms with E-state index in [1.165, 1.54) is 0 Å². The van der Waals surface area contributed by atoms with Gasteiger partial charge in [-0.1, -0.05) is 25.5 Å². The second kappa shape index (κ2) is 5.59. The van der Waals surface area contributed by atoms with Crippen molar-refractivity contribution in [2.24, 2.45) is 28.6 Å².